The van der Waals surface area contributed by atoms with Gasteiger partial charge >= 0.3 is 0 Å². The highest BCUT2D eigenvalue weighted by Crippen LogP contribution is 2.28. The predicted octanol–water partition coefficient (Wildman–Crippen LogP) is 3.19. The van der Waals surface area contributed by atoms with E-state index >= 15 is 0 Å². The SMILES string of the molecule is CN(C)CCOC(C(=O)C(OCCN(C)C)c1ccccc1)c1ccccc1. The van der Waals surface area contributed by atoms with Gasteiger partial charge in [0.1, 0.15) is 12.2 Å². The third-order valence-corrected chi connectivity index (χ3v) is 4.37. The van der Waals surface area contributed by atoms with Crippen molar-refractivity contribution in [2.45, 2.75) is 12.2 Å². The fraction of sp³-hybridized carbons (Fsp3) is 0.435. The lowest BCUT2D eigenvalue weighted by Crippen LogP contribution is -2.29. The maximum atomic E-state index is 13.5. The Kier molecular flexibility index (Phi) is 9.31. The maximum absolute atomic E-state index is 13.5. The zero-order chi connectivity index (χ0) is 20.4. The van der Waals surface area contributed by atoms with Crippen molar-refractivity contribution in [2.24, 2.45) is 0 Å². The molecule has 152 valence electrons. The minimum Gasteiger partial charge on any atom is -0.364 e. The van der Waals surface area contributed by atoms with Gasteiger partial charge < -0.3 is 19.3 Å². The van der Waals surface area contributed by atoms with Gasteiger partial charge in [0.05, 0.1) is 13.2 Å². The average Bonchev–Trinajstić information content (AvgIpc) is 2.69. The molecular formula is C23H32N2O3. The number of carbonyl (C=O) groups is 1. The summed E-state index contributed by atoms with van der Waals surface area (Å²) in [4.78, 5) is 17.6. The maximum Gasteiger partial charge on any atom is 0.199 e. The molecule has 0 aliphatic carbocycles. The molecule has 0 bridgehead atoms. The van der Waals surface area contributed by atoms with Crippen molar-refractivity contribution in [2.75, 3.05) is 54.5 Å². The summed E-state index contributed by atoms with van der Waals surface area (Å²) >= 11 is 0. The molecule has 0 saturated carbocycles. The third kappa shape index (κ3) is 7.17. The molecule has 0 radical (unpaired) electrons. The smallest absolute Gasteiger partial charge is 0.199 e. The summed E-state index contributed by atoms with van der Waals surface area (Å²) in [7, 11) is 7.94. The normalized spacial score (nSPS) is 13.6. The molecule has 0 spiro atoms. The molecule has 5 nitrogen and oxygen atoms in total. The number of hydrogen-bond acceptors (Lipinski definition) is 5. The van der Waals surface area contributed by atoms with Crippen LogP contribution in [0.5, 0.6) is 0 Å². The van der Waals surface area contributed by atoms with E-state index in [2.05, 4.69) is 0 Å². The van der Waals surface area contributed by atoms with Gasteiger partial charge in [0.25, 0.3) is 0 Å². The molecule has 2 aromatic rings. The van der Waals surface area contributed by atoms with Crippen molar-refractivity contribution in [1.82, 2.24) is 9.80 Å². The Balaban J connectivity index is 2.24. The second kappa shape index (κ2) is 11.7. The lowest BCUT2D eigenvalue weighted by molar-refractivity contribution is -0.144. The van der Waals surface area contributed by atoms with Crippen LogP contribution in [0.25, 0.3) is 0 Å². The molecule has 28 heavy (non-hydrogen) atoms. The number of likely N-dealkylation sites (N-methyl/N-ethyl adjacent to an activating group) is 2. The van der Waals surface area contributed by atoms with Crippen molar-refractivity contribution in [3.8, 4) is 0 Å². The van der Waals surface area contributed by atoms with E-state index < -0.39 is 12.2 Å². The molecule has 0 aromatic heterocycles. The number of ketones is 1. The first-order valence-electron chi connectivity index (χ1n) is 9.65. The predicted molar refractivity (Wildman–Crippen MR) is 112 cm³/mol. The molecule has 2 atom stereocenters. The zero-order valence-electron chi connectivity index (χ0n) is 17.4. The molecule has 2 aromatic carbocycles. The Hall–Kier alpha value is -2.05. The first-order chi connectivity index (χ1) is 13.5. The summed E-state index contributed by atoms with van der Waals surface area (Å²) in [6.07, 6.45) is -1.32. The van der Waals surface area contributed by atoms with Gasteiger partial charge in [0, 0.05) is 13.1 Å². The van der Waals surface area contributed by atoms with Crippen LogP contribution in [0.4, 0.5) is 0 Å². The summed E-state index contributed by atoms with van der Waals surface area (Å²) in [5, 5.41) is 0. The topological polar surface area (TPSA) is 42.0 Å². The molecule has 0 saturated heterocycles. The third-order valence-electron chi connectivity index (χ3n) is 4.37. The lowest BCUT2D eigenvalue weighted by Gasteiger charge is -2.25. The van der Waals surface area contributed by atoms with Crippen molar-refractivity contribution in [1.29, 1.82) is 0 Å². The zero-order valence-corrected chi connectivity index (χ0v) is 17.4. The Morgan fingerprint density at radius 3 is 1.39 bits per heavy atom. The van der Waals surface area contributed by atoms with Gasteiger partial charge in [0.15, 0.2) is 5.78 Å². The van der Waals surface area contributed by atoms with E-state index in [1.54, 1.807) is 0 Å². The average molecular weight is 385 g/mol. The minimum atomic E-state index is -0.661. The molecule has 5 heteroatoms. The van der Waals surface area contributed by atoms with Crippen molar-refractivity contribution in [3.05, 3.63) is 71.8 Å². The molecule has 2 unspecified atom stereocenters. The molecule has 0 heterocycles. The van der Waals surface area contributed by atoms with Gasteiger partial charge in [-0.2, -0.15) is 0 Å². The quantitative estimate of drug-likeness (QED) is 0.562. The summed E-state index contributed by atoms with van der Waals surface area (Å²) in [5.74, 6) is -0.0742. The van der Waals surface area contributed by atoms with E-state index in [-0.39, 0.29) is 5.78 Å². The summed E-state index contributed by atoms with van der Waals surface area (Å²) in [6, 6.07) is 19.3. The summed E-state index contributed by atoms with van der Waals surface area (Å²) < 4.78 is 12.1. The highest BCUT2D eigenvalue weighted by atomic mass is 16.5. The molecule has 0 fully saturated rings. The molecule has 2 rings (SSSR count). The van der Waals surface area contributed by atoms with Gasteiger partial charge in [-0.1, -0.05) is 60.7 Å². The first kappa shape index (κ1) is 22.2. The van der Waals surface area contributed by atoms with Crippen LogP contribution in [0.2, 0.25) is 0 Å². The number of carbonyl (C=O) groups excluding carboxylic acids is 1. The minimum absolute atomic E-state index is 0.0742. The highest BCUT2D eigenvalue weighted by Gasteiger charge is 2.31. The molecule has 0 aliphatic heterocycles. The van der Waals surface area contributed by atoms with Crippen molar-refractivity contribution in [3.63, 3.8) is 0 Å². The standard InChI is InChI=1S/C23H32N2O3/c1-24(2)15-17-27-22(19-11-7-5-8-12-19)21(26)23(28-18-16-25(3)4)20-13-9-6-10-14-20/h5-14,22-23H,15-18H2,1-4H3. The van der Waals surface area contributed by atoms with Gasteiger partial charge in [0.2, 0.25) is 0 Å². The lowest BCUT2D eigenvalue weighted by atomic mass is 9.97. The van der Waals surface area contributed by atoms with Crippen LogP contribution >= 0.6 is 0 Å². The largest absolute Gasteiger partial charge is 0.364 e. The Labute approximate surface area is 168 Å². The van der Waals surface area contributed by atoms with Crippen molar-refractivity contribution < 1.29 is 14.3 Å². The van der Waals surface area contributed by atoms with E-state index in [1.807, 2.05) is 98.7 Å². The van der Waals surface area contributed by atoms with Crippen LogP contribution in [0.3, 0.4) is 0 Å². The van der Waals surface area contributed by atoms with Crippen LogP contribution in [-0.2, 0) is 14.3 Å². The van der Waals surface area contributed by atoms with E-state index in [4.69, 9.17) is 9.47 Å². The molecule has 0 N–H and O–H groups in total. The first-order valence-corrected chi connectivity index (χ1v) is 9.65. The van der Waals surface area contributed by atoms with Crippen LogP contribution in [-0.4, -0.2) is 70.1 Å². The van der Waals surface area contributed by atoms with Crippen LogP contribution in [0, 0.1) is 0 Å². The monoisotopic (exact) mass is 384 g/mol. The summed E-state index contributed by atoms with van der Waals surface area (Å²) in [5.41, 5.74) is 1.70. The number of Topliss-reactive ketones (excluding diaryl/α,β-unsaturated/α-hetero) is 1. The number of hydrogen-bond donors (Lipinski definition) is 0. The van der Waals surface area contributed by atoms with Gasteiger partial charge in [-0.05, 0) is 39.3 Å². The Bertz CT molecular complexity index is 630. The van der Waals surface area contributed by atoms with E-state index in [0.717, 1.165) is 24.2 Å². The second-order valence-corrected chi connectivity index (χ2v) is 7.33. The fourth-order valence-corrected chi connectivity index (χ4v) is 2.78. The number of ether oxygens (including phenoxy) is 2. The van der Waals surface area contributed by atoms with Crippen LogP contribution < -0.4 is 0 Å². The van der Waals surface area contributed by atoms with E-state index in [1.165, 1.54) is 0 Å². The molecular weight excluding hydrogens is 352 g/mol. The number of rotatable bonds is 12. The molecule has 0 aliphatic rings. The Morgan fingerprint density at radius 2 is 1.07 bits per heavy atom. The van der Waals surface area contributed by atoms with Gasteiger partial charge in [-0.15, -0.1) is 0 Å². The number of nitrogens with zero attached hydrogens (tertiary/aromatic N) is 2. The molecule has 0 amide bonds. The second-order valence-electron chi connectivity index (χ2n) is 7.33. The van der Waals surface area contributed by atoms with Gasteiger partial charge in [-0.25, -0.2) is 0 Å². The van der Waals surface area contributed by atoms with Crippen LogP contribution in [0.15, 0.2) is 60.7 Å². The number of benzene rings is 2. The summed E-state index contributed by atoms with van der Waals surface area (Å²) in [6.45, 7) is 2.43. The fourth-order valence-electron chi connectivity index (χ4n) is 2.78. The Morgan fingerprint density at radius 1 is 0.714 bits per heavy atom. The van der Waals surface area contributed by atoms with Gasteiger partial charge in [-0.3, -0.25) is 4.79 Å². The van der Waals surface area contributed by atoms with E-state index in [0.29, 0.717) is 13.2 Å². The highest BCUT2D eigenvalue weighted by molar-refractivity contribution is 5.89. The van der Waals surface area contributed by atoms with Crippen LogP contribution in [0.1, 0.15) is 23.3 Å². The van der Waals surface area contributed by atoms with Crippen molar-refractivity contribution >= 4 is 5.78 Å². The van der Waals surface area contributed by atoms with E-state index in [9.17, 15) is 4.79 Å².